The maximum absolute atomic E-state index is 10.2. The molecular weight excluding hydrogens is 801 g/mol. The average Bonchev–Trinajstić information content (AvgIpc) is 3.74. The van der Waals surface area contributed by atoms with Gasteiger partial charge in [0.05, 0.1) is 11.6 Å². The van der Waals surface area contributed by atoms with E-state index in [1.165, 1.54) is 38.6 Å². The van der Waals surface area contributed by atoms with Gasteiger partial charge in [0.25, 0.3) is 0 Å². The lowest BCUT2D eigenvalue weighted by Gasteiger charge is -2.17. The largest absolute Gasteiger partial charge is 0.208 e. The third-order valence-corrected chi connectivity index (χ3v) is 12.7. The van der Waals surface area contributed by atoms with Crippen LogP contribution in [0.25, 0.3) is 123 Å². The minimum absolute atomic E-state index is 0.588. The van der Waals surface area contributed by atoms with Gasteiger partial charge in [0.2, 0.25) is 0 Å². The molecule has 0 spiro atoms. The van der Waals surface area contributed by atoms with Gasteiger partial charge in [0.15, 0.2) is 17.5 Å². The Bertz CT molecular complexity index is 3700. The smallest absolute Gasteiger partial charge is 0.164 e. The summed E-state index contributed by atoms with van der Waals surface area (Å²) >= 11 is 0. The summed E-state index contributed by atoms with van der Waals surface area (Å²) in [5.74, 6) is 1.80. The van der Waals surface area contributed by atoms with Crippen LogP contribution >= 0.6 is 0 Å². The van der Waals surface area contributed by atoms with Crippen molar-refractivity contribution in [3.05, 3.63) is 236 Å². The van der Waals surface area contributed by atoms with Gasteiger partial charge in [-0.15, -0.1) is 0 Å². The Kier molecular flexibility index (Phi) is 9.51. The van der Waals surface area contributed by atoms with E-state index in [0.29, 0.717) is 23.0 Å². The van der Waals surface area contributed by atoms with E-state index in [1.807, 2.05) is 48.5 Å². The number of nitriles is 1. The van der Waals surface area contributed by atoms with E-state index in [-0.39, 0.29) is 0 Å². The monoisotopic (exact) mass is 838 g/mol. The van der Waals surface area contributed by atoms with E-state index < -0.39 is 0 Å². The number of benzene rings is 10. The molecule has 11 aromatic rings. The minimum Gasteiger partial charge on any atom is -0.208 e. The van der Waals surface area contributed by atoms with Crippen molar-refractivity contribution in [2.75, 3.05) is 0 Å². The molecule has 0 fully saturated rings. The van der Waals surface area contributed by atoms with Crippen LogP contribution in [0.15, 0.2) is 231 Å². The van der Waals surface area contributed by atoms with Crippen molar-refractivity contribution in [1.82, 2.24) is 15.0 Å². The molecular formula is C62H38N4. The maximum Gasteiger partial charge on any atom is 0.164 e. The summed E-state index contributed by atoms with van der Waals surface area (Å²) < 4.78 is 0. The summed E-state index contributed by atoms with van der Waals surface area (Å²) in [6.07, 6.45) is 0. The normalized spacial score (nSPS) is 11.3. The van der Waals surface area contributed by atoms with Crippen molar-refractivity contribution in [1.29, 1.82) is 5.26 Å². The molecule has 1 aliphatic carbocycles. The van der Waals surface area contributed by atoms with E-state index in [2.05, 4.69) is 188 Å². The topological polar surface area (TPSA) is 62.5 Å². The Labute approximate surface area is 383 Å². The first-order valence-corrected chi connectivity index (χ1v) is 22.1. The molecule has 0 radical (unpaired) electrons. The third kappa shape index (κ3) is 6.84. The highest BCUT2D eigenvalue weighted by atomic mass is 15.0. The van der Waals surface area contributed by atoms with Gasteiger partial charge in [-0.25, -0.2) is 15.0 Å². The van der Waals surface area contributed by atoms with Crippen LogP contribution in [0.3, 0.4) is 0 Å². The fraction of sp³-hybridized carbons (Fsp3) is 0. The Balaban J connectivity index is 0.934. The standard InChI is InChI=1S/C62H38N4/c63-39-40-28-34-51(42-29-31-45(32-30-42)61-64-60(44-16-5-2-6-17-44)65-62(66-61)49-22-11-19-46(37-49)41-14-3-1-4-15-41)57(36-40)53-24-8-7-23-50(53)47-20-12-21-48(38-47)52-35-33-43-18-13-27-55-54-25-9-10-26-56(54)59(52)58(43)55/h1-38H. The molecule has 66 heavy (non-hydrogen) atoms. The number of fused-ring (bicyclic) bond motifs is 3. The quantitative estimate of drug-likeness (QED) is 0.153. The van der Waals surface area contributed by atoms with E-state index in [9.17, 15) is 5.26 Å². The van der Waals surface area contributed by atoms with Gasteiger partial charge in [0.1, 0.15) is 0 Å². The number of hydrogen-bond donors (Lipinski definition) is 0. The molecule has 1 aliphatic rings. The second-order valence-electron chi connectivity index (χ2n) is 16.6. The highest BCUT2D eigenvalue weighted by Crippen LogP contribution is 2.51. The van der Waals surface area contributed by atoms with Crippen molar-refractivity contribution in [2.45, 2.75) is 0 Å². The Morgan fingerprint density at radius 1 is 0.273 bits per heavy atom. The van der Waals surface area contributed by atoms with E-state index in [0.717, 1.165) is 66.8 Å². The minimum atomic E-state index is 0.588. The summed E-state index contributed by atoms with van der Waals surface area (Å²) in [4.78, 5) is 15.1. The van der Waals surface area contributed by atoms with Crippen molar-refractivity contribution in [3.63, 3.8) is 0 Å². The highest BCUT2D eigenvalue weighted by molar-refractivity contribution is 6.19. The predicted octanol–water partition coefficient (Wildman–Crippen LogP) is 15.9. The Hall–Kier alpha value is -9.04. The predicted molar refractivity (Wildman–Crippen MR) is 270 cm³/mol. The van der Waals surface area contributed by atoms with Gasteiger partial charge >= 0.3 is 0 Å². The van der Waals surface area contributed by atoms with Crippen LogP contribution in [-0.4, -0.2) is 15.0 Å². The van der Waals surface area contributed by atoms with Crippen LogP contribution in [0.5, 0.6) is 0 Å². The molecule has 0 bridgehead atoms. The van der Waals surface area contributed by atoms with Crippen LogP contribution in [-0.2, 0) is 0 Å². The van der Waals surface area contributed by atoms with E-state index in [1.54, 1.807) is 0 Å². The lowest BCUT2D eigenvalue weighted by molar-refractivity contribution is 1.07. The summed E-state index contributed by atoms with van der Waals surface area (Å²) in [7, 11) is 0. The van der Waals surface area contributed by atoms with Crippen LogP contribution in [0, 0.1) is 11.3 Å². The number of rotatable bonds is 8. The average molecular weight is 839 g/mol. The third-order valence-electron chi connectivity index (χ3n) is 12.7. The SMILES string of the molecule is N#Cc1ccc(-c2ccc(-c3nc(-c4ccccc4)nc(-c4cccc(-c5ccccc5)c4)n3)cc2)c(-c2ccccc2-c2cccc(-c3ccc4cccc5c4c3-c3ccccc3-5)c2)c1. The van der Waals surface area contributed by atoms with Gasteiger partial charge in [-0.1, -0.05) is 206 Å². The second-order valence-corrected chi connectivity index (χ2v) is 16.6. The van der Waals surface area contributed by atoms with Crippen LogP contribution in [0.1, 0.15) is 5.56 Å². The van der Waals surface area contributed by atoms with Crippen LogP contribution in [0.2, 0.25) is 0 Å². The van der Waals surface area contributed by atoms with Gasteiger partial charge in [-0.2, -0.15) is 5.26 Å². The van der Waals surface area contributed by atoms with Gasteiger partial charge < -0.3 is 0 Å². The first kappa shape index (κ1) is 38.6. The number of hydrogen-bond acceptors (Lipinski definition) is 4. The van der Waals surface area contributed by atoms with Crippen molar-refractivity contribution in [3.8, 4) is 118 Å². The zero-order valence-electron chi connectivity index (χ0n) is 35.7. The molecule has 0 saturated heterocycles. The Morgan fingerprint density at radius 3 is 1.45 bits per heavy atom. The molecule has 12 rings (SSSR count). The van der Waals surface area contributed by atoms with Crippen LogP contribution < -0.4 is 0 Å². The Morgan fingerprint density at radius 2 is 0.742 bits per heavy atom. The molecule has 0 saturated carbocycles. The van der Waals surface area contributed by atoms with Gasteiger partial charge in [-0.05, 0) is 113 Å². The molecule has 0 atom stereocenters. The molecule has 306 valence electrons. The lowest BCUT2D eigenvalue weighted by Crippen LogP contribution is -2.00. The fourth-order valence-corrected chi connectivity index (χ4v) is 9.59. The zero-order valence-corrected chi connectivity index (χ0v) is 35.7. The molecule has 10 aromatic carbocycles. The van der Waals surface area contributed by atoms with Crippen molar-refractivity contribution >= 4 is 10.8 Å². The maximum atomic E-state index is 10.2. The summed E-state index contributed by atoms with van der Waals surface area (Å²) in [5, 5.41) is 12.8. The summed E-state index contributed by atoms with van der Waals surface area (Å²) in [6.45, 7) is 0. The summed E-state index contributed by atoms with van der Waals surface area (Å²) in [5.41, 5.74) is 19.3. The molecule has 4 heteroatoms. The fourth-order valence-electron chi connectivity index (χ4n) is 9.59. The zero-order chi connectivity index (χ0) is 44.0. The van der Waals surface area contributed by atoms with E-state index >= 15 is 0 Å². The molecule has 0 aliphatic heterocycles. The van der Waals surface area contributed by atoms with Crippen molar-refractivity contribution in [2.24, 2.45) is 0 Å². The van der Waals surface area contributed by atoms with E-state index in [4.69, 9.17) is 15.0 Å². The second kappa shape index (κ2) is 16.3. The lowest BCUT2D eigenvalue weighted by atomic mass is 9.87. The molecule has 0 N–H and O–H groups in total. The highest BCUT2D eigenvalue weighted by Gasteiger charge is 2.24. The molecule has 0 unspecified atom stereocenters. The molecule has 0 amide bonds. The summed E-state index contributed by atoms with van der Waals surface area (Å²) in [6, 6.07) is 82.9. The van der Waals surface area contributed by atoms with Gasteiger partial charge in [0, 0.05) is 16.7 Å². The number of nitrogens with zero attached hydrogens (tertiary/aromatic N) is 4. The van der Waals surface area contributed by atoms with Crippen LogP contribution in [0.4, 0.5) is 0 Å². The number of aromatic nitrogens is 3. The molecule has 1 aromatic heterocycles. The molecule has 4 nitrogen and oxygen atoms in total. The first-order valence-electron chi connectivity index (χ1n) is 22.1. The molecule has 1 heterocycles. The van der Waals surface area contributed by atoms with Crippen molar-refractivity contribution < 1.29 is 0 Å². The first-order chi connectivity index (χ1) is 32.7. The van der Waals surface area contributed by atoms with Gasteiger partial charge in [-0.3, -0.25) is 0 Å².